The highest BCUT2D eigenvalue weighted by molar-refractivity contribution is 5.73. The van der Waals surface area contributed by atoms with Gasteiger partial charge in [-0.2, -0.15) is 0 Å². The monoisotopic (exact) mass is 174 g/mol. The van der Waals surface area contributed by atoms with Crippen LogP contribution in [0, 0.1) is 5.41 Å². The number of aliphatic carboxylic acids is 1. The molecule has 0 aromatic heterocycles. The molecule has 12 heavy (non-hydrogen) atoms. The third-order valence-electron chi connectivity index (χ3n) is 1.27. The van der Waals surface area contributed by atoms with Gasteiger partial charge in [0.1, 0.15) is 6.61 Å². The van der Waals surface area contributed by atoms with Crippen LogP contribution in [-0.4, -0.2) is 24.3 Å². The molecule has 0 aliphatic carbocycles. The van der Waals surface area contributed by atoms with E-state index in [1.165, 1.54) is 6.08 Å². The molecule has 4 heteroatoms. The zero-order valence-electron chi connectivity index (χ0n) is 7.37. The van der Waals surface area contributed by atoms with Gasteiger partial charge in [0.25, 0.3) is 0 Å². The van der Waals surface area contributed by atoms with Crippen LogP contribution in [0.2, 0.25) is 0 Å². The van der Waals surface area contributed by atoms with Gasteiger partial charge < -0.3 is 5.11 Å². The lowest BCUT2D eigenvalue weighted by molar-refractivity contribution is -0.299. The van der Waals surface area contributed by atoms with Crippen LogP contribution in [0.25, 0.3) is 0 Å². The number of rotatable bonds is 6. The zero-order valence-corrected chi connectivity index (χ0v) is 7.37. The van der Waals surface area contributed by atoms with Gasteiger partial charge in [-0.25, -0.2) is 9.78 Å². The molecule has 0 aromatic rings. The predicted molar refractivity (Wildman–Crippen MR) is 43.5 cm³/mol. The molecule has 0 atom stereocenters. The van der Waals surface area contributed by atoms with E-state index in [9.17, 15) is 4.79 Å². The van der Waals surface area contributed by atoms with Gasteiger partial charge in [-0.1, -0.05) is 6.08 Å². The van der Waals surface area contributed by atoms with Crippen LogP contribution in [0.4, 0.5) is 0 Å². The van der Waals surface area contributed by atoms with Crippen LogP contribution in [0.15, 0.2) is 12.7 Å². The van der Waals surface area contributed by atoms with Gasteiger partial charge in [-0.05, 0) is 13.8 Å². The number of hydrogen-bond donors (Lipinski definition) is 1. The van der Waals surface area contributed by atoms with E-state index in [4.69, 9.17) is 5.11 Å². The maximum absolute atomic E-state index is 10.5. The Balaban J connectivity index is 3.61. The molecule has 0 amide bonds. The topological polar surface area (TPSA) is 55.8 Å². The lowest BCUT2D eigenvalue weighted by Gasteiger charge is -2.17. The Hall–Kier alpha value is -0.870. The molecule has 0 saturated heterocycles. The molecular weight excluding hydrogens is 160 g/mol. The molecule has 0 bridgehead atoms. The fourth-order valence-corrected chi connectivity index (χ4v) is 0.347. The minimum absolute atomic E-state index is 0.0240. The van der Waals surface area contributed by atoms with Crippen LogP contribution < -0.4 is 0 Å². The molecule has 1 N–H and O–H groups in total. The molecule has 0 radical (unpaired) electrons. The van der Waals surface area contributed by atoms with Crippen molar-refractivity contribution in [2.45, 2.75) is 13.8 Å². The lowest BCUT2D eigenvalue weighted by Crippen LogP contribution is -2.29. The normalized spacial score (nSPS) is 11.2. The van der Waals surface area contributed by atoms with Crippen molar-refractivity contribution in [2.24, 2.45) is 5.41 Å². The number of hydrogen-bond acceptors (Lipinski definition) is 3. The van der Waals surface area contributed by atoms with Gasteiger partial charge in [0.05, 0.1) is 12.0 Å². The highest BCUT2D eigenvalue weighted by atomic mass is 17.2. The summed E-state index contributed by atoms with van der Waals surface area (Å²) < 4.78 is 0. The van der Waals surface area contributed by atoms with Gasteiger partial charge >= 0.3 is 5.97 Å². The Labute approximate surface area is 71.7 Å². The summed E-state index contributed by atoms with van der Waals surface area (Å²) in [6, 6.07) is 0. The number of carbonyl (C=O) groups is 1. The third-order valence-corrected chi connectivity index (χ3v) is 1.27. The quantitative estimate of drug-likeness (QED) is 0.285. The fraction of sp³-hybridized carbons (Fsp3) is 0.625. The minimum Gasteiger partial charge on any atom is -0.481 e. The van der Waals surface area contributed by atoms with Gasteiger partial charge in [-0.3, -0.25) is 4.79 Å². The summed E-state index contributed by atoms with van der Waals surface area (Å²) in [5.41, 5.74) is -0.916. The van der Waals surface area contributed by atoms with Crippen molar-refractivity contribution < 1.29 is 19.7 Å². The summed E-state index contributed by atoms with van der Waals surface area (Å²) in [4.78, 5) is 19.8. The standard InChI is InChI=1S/C8H14O4/c1-4-5-11-12-6-8(2,3)7(9)10/h4H,1,5-6H2,2-3H3,(H,9,10). The third kappa shape index (κ3) is 4.10. The first-order chi connectivity index (χ1) is 5.50. The summed E-state index contributed by atoms with van der Waals surface area (Å²) in [7, 11) is 0. The number of carboxylic acid groups (broad SMARTS) is 1. The van der Waals surface area contributed by atoms with Crippen molar-refractivity contribution in [2.75, 3.05) is 13.2 Å². The second-order valence-corrected chi connectivity index (χ2v) is 3.02. The summed E-state index contributed by atoms with van der Waals surface area (Å²) in [6.07, 6.45) is 1.52. The van der Waals surface area contributed by atoms with E-state index in [0.29, 0.717) is 0 Å². The van der Waals surface area contributed by atoms with E-state index in [1.807, 2.05) is 0 Å². The van der Waals surface area contributed by atoms with Crippen LogP contribution in [0.1, 0.15) is 13.8 Å². The molecule has 0 rings (SSSR count). The molecule has 0 heterocycles. The van der Waals surface area contributed by atoms with Crippen molar-refractivity contribution in [1.82, 2.24) is 0 Å². The van der Waals surface area contributed by atoms with E-state index < -0.39 is 11.4 Å². The molecule has 0 unspecified atom stereocenters. The Morgan fingerprint density at radius 3 is 2.58 bits per heavy atom. The molecule has 0 saturated carbocycles. The first-order valence-electron chi connectivity index (χ1n) is 3.59. The SMILES string of the molecule is C=CCOOCC(C)(C)C(=O)O. The summed E-state index contributed by atoms with van der Waals surface area (Å²) in [5.74, 6) is -0.912. The van der Waals surface area contributed by atoms with Crippen LogP contribution in [0.5, 0.6) is 0 Å². The van der Waals surface area contributed by atoms with Crippen LogP contribution >= 0.6 is 0 Å². The fourth-order valence-electron chi connectivity index (χ4n) is 0.347. The molecule has 4 nitrogen and oxygen atoms in total. The van der Waals surface area contributed by atoms with Crippen molar-refractivity contribution >= 4 is 5.97 Å². The van der Waals surface area contributed by atoms with Crippen molar-refractivity contribution in [1.29, 1.82) is 0 Å². The summed E-state index contributed by atoms with van der Waals surface area (Å²) in [5, 5.41) is 8.64. The Morgan fingerprint density at radius 1 is 1.58 bits per heavy atom. The summed E-state index contributed by atoms with van der Waals surface area (Å²) >= 11 is 0. The summed E-state index contributed by atoms with van der Waals surface area (Å²) in [6.45, 7) is 6.82. The second kappa shape index (κ2) is 4.90. The molecule has 0 fully saturated rings. The second-order valence-electron chi connectivity index (χ2n) is 3.02. The molecule has 0 aliphatic rings. The minimum atomic E-state index is -0.916. The first-order valence-corrected chi connectivity index (χ1v) is 3.59. The van der Waals surface area contributed by atoms with Crippen LogP contribution in [-0.2, 0) is 14.6 Å². The van der Waals surface area contributed by atoms with E-state index >= 15 is 0 Å². The Morgan fingerprint density at radius 2 is 2.17 bits per heavy atom. The predicted octanol–water partition coefficient (Wildman–Crippen LogP) is 1.23. The Bertz CT molecular complexity index is 162. The zero-order chi connectivity index (χ0) is 9.61. The molecule has 0 aliphatic heterocycles. The van der Waals surface area contributed by atoms with Crippen molar-refractivity contribution in [3.05, 3.63) is 12.7 Å². The molecule has 0 spiro atoms. The van der Waals surface area contributed by atoms with Gasteiger partial charge in [0, 0.05) is 0 Å². The average molecular weight is 174 g/mol. The lowest BCUT2D eigenvalue weighted by atomic mass is 9.96. The number of carboxylic acids is 1. The molecular formula is C8H14O4. The van der Waals surface area contributed by atoms with E-state index in [0.717, 1.165) is 0 Å². The van der Waals surface area contributed by atoms with Crippen molar-refractivity contribution in [3.63, 3.8) is 0 Å². The van der Waals surface area contributed by atoms with Gasteiger partial charge in [-0.15, -0.1) is 6.58 Å². The van der Waals surface area contributed by atoms with Gasteiger partial charge in [0.15, 0.2) is 0 Å². The highest BCUT2D eigenvalue weighted by Gasteiger charge is 2.27. The van der Waals surface area contributed by atoms with Crippen LogP contribution in [0.3, 0.4) is 0 Å². The van der Waals surface area contributed by atoms with Crippen molar-refractivity contribution in [3.8, 4) is 0 Å². The average Bonchev–Trinajstić information content (AvgIpc) is 1.98. The van der Waals surface area contributed by atoms with E-state index in [-0.39, 0.29) is 13.2 Å². The maximum atomic E-state index is 10.5. The molecule has 70 valence electrons. The first kappa shape index (κ1) is 11.1. The molecule has 0 aromatic carbocycles. The largest absolute Gasteiger partial charge is 0.481 e. The van der Waals surface area contributed by atoms with E-state index in [2.05, 4.69) is 16.4 Å². The maximum Gasteiger partial charge on any atom is 0.311 e. The smallest absolute Gasteiger partial charge is 0.311 e. The Kier molecular flexibility index (Phi) is 4.54. The highest BCUT2D eigenvalue weighted by Crippen LogP contribution is 2.15. The van der Waals surface area contributed by atoms with E-state index in [1.54, 1.807) is 13.8 Å². The van der Waals surface area contributed by atoms with Gasteiger partial charge in [0.2, 0.25) is 0 Å².